The molecule has 0 aliphatic heterocycles. The molecule has 1 heterocycles. The van der Waals surface area contributed by atoms with Crippen molar-refractivity contribution in [3.05, 3.63) is 58.3 Å². The standard InChI is InChI=1S/C19H27N3OS.HI/c1-4-20-18(21-12-15(2)16-8-6-5-7-9-16)22-14-19(3,23)17-10-11-24-13-17;/h5-11,13,15,23H,4,12,14H2,1-3H3,(H2,20,21,22);1H. The van der Waals surface area contributed by atoms with Gasteiger partial charge in [-0.2, -0.15) is 11.3 Å². The number of thiophene rings is 1. The quantitative estimate of drug-likeness (QED) is 0.325. The molecule has 6 heteroatoms. The third kappa shape index (κ3) is 6.95. The number of hydrogen-bond acceptors (Lipinski definition) is 3. The van der Waals surface area contributed by atoms with Crippen molar-refractivity contribution >= 4 is 41.3 Å². The molecule has 1 aromatic heterocycles. The van der Waals surface area contributed by atoms with Crippen molar-refractivity contribution in [1.82, 2.24) is 10.6 Å². The second-order valence-corrected chi connectivity index (χ2v) is 6.95. The Hall–Kier alpha value is -1.12. The Balaban J connectivity index is 0.00000312. The monoisotopic (exact) mass is 473 g/mol. The van der Waals surface area contributed by atoms with E-state index in [-0.39, 0.29) is 24.0 Å². The van der Waals surface area contributed by atoms with Crippen LogP contribution in [0.3, 0.4) is 0 Å². The van der Waals surface area contributed by atoms with E-state index in [1.807, 2.05) is 29.8 Å². The molecule has 0 saturated heterocycles. The van der Waals surface area contributed by atoms with Crippen molar-refractivity contribution in [2.75, 3.05) is 19.6 Å². The number of benzene rings is 1. The lowest BCUT2D eigenvalue weighted by Crippen LogP contribution is -2.40. The summed E-state index contributed by atoms with van der Waals surface area (Å²) in [5.41, 5.74) is 1.25. The van der Waals surface area contributed by atoms with Gasteiger partial charge in [-0.3, -0.25) is 0 Å². The molecule has 0 aliphatic carbocycles. The minimum Gasteiger partial charge on any atom is -0.383 e. The van der Waals surface area contributed by atoms with Crippen LogP contribution in [0.4, 0.5) is 0 Å². The number of hydrogen-bond donors (Lipinski definition) is 3. The van der Waals surface area contributed by atoms with Crippen LogP contribution in [0.5, 0.6) is 0 Å². The minimum atomic E-state index is -0.951. The van der Waals surface area contributed by atoms with Crippen LogP contribution < -0.4 is 10.6 Å². The molecule has 0 fully saturated rings. The summed E-state index contributed by atoms with van der Waals surface area (Å²) in [6.07, 6.45) is 0. The summed E-state index contributed by atoms with van der Waals surface area (Å²) in [6.45, 7) is 7.92. The van der Waals surface area contributed by atoms with E-state index >= 15 is 0 Å². The zero-order chi connectivity index (χ0) is 17.4. The van der Waals surface area contributed by atoms with Crippen molar-refractivity contribution in [1.29, 1.82) is 0 Å². The van der Waals surface area contributed by atoms with Gasteiger partial charge in [-0.25, -0.2) is 4.99 Å². The molecule has 3 N–H and O–H groups in total. The smallest absolute Gasteiger partial charge is 0.191 e. The highest BCUT2D eigenvalue weighted by atomic mass is 127. The number of nitrogens with zero attached hydrogens (tertiary/aromatic N) is 1. The van der Waals surface area contributed by atoms with Gasteiger partial charge in [-0.05, 0) is 47.7 Å². The third-order valence-electron chi connectivity index (χ3n) is 3.98. The first-order valence-corrected chi connectivity index (χ1v) is 9.29. The Bertz CT molecular complexity index is 629. The van der Waals surface area contributed by atoms with Gasteiger partial charge in [0.1, 0.15) is 5.60 Å². The zero-order valence-corrected chi connectivity index (χ0v) is 18.2. The Morgan fingerprint density at radius 1 is 1.24 bits per heavy atom. The number of rotatable bonds is 7. The van der Waals surface area contributed by atoms with Crippen molar-refractivity contribution in [3.63, 3.8) is 0 Å². The van der Waals surface area contributed by atoms with Gasteiger partial charge < -0.3 is 15.7 Å². The van der Waals surface area contributed by atoms with Crippen molar-refractivity contribution in [2.24, 2.45) is 4.99 Å². The van der Waals surface area contributed by atoms with Crippen LogP contribution in [0.1, 0.15) is 37.8 Å². The van der Waals surface area contributed by atoms with Gasteiger partial charge >= 0.3 is 0 Å². The van der Waals surface area contributed by atoms with Crippen LogP contribution in [0.15, 0.2) is 52.2 Å². The second-order valence-electron chi connectivity index (χ2n) is 6.17. The van der Waals surface area contributed by atoms with Crippen LogP contribution in [-0.2, 0) is 5.60 Å². The van der Waals surface area contributed by atoms with Gasteiger partial charge in [0.2, 0.25) is 0 Å². The average molecular weight is 473 g/mol. The molecule has 2 rings (SSSR count). The van der Waals surface area contributed by atoms with E-state index in [9.17, 15) is 5.11 Å². The van der Waals surface area contributed by atoms with Gasteiger partial charge in [0, 0.05) is 13.1 Å². The summed E-state index contributed by atoms with van der Waals surface area (Å²) in [5.74, 6) is 1.11. The molecule has 0 spiro atoms. The van der Waals surface area contributed by atoms with Crippen LogP contribution in [0, 0.1) is 0 Å². The molecule has 0 radical (unpaired) electrons. The Labute approximate surface area is 171 Å². The van der Waals surface area contributed by atoms with Gasteiger partial charge in [0.25, 0.3) is 0 Å². The van der Waals surface area contributed by atoms with Crippen LogP contribution in [-0.4, -0.2) is 30.7 Å². The van der Waals surface area contributed by atoms with E-state index < -0.39 is 5.60 Å². The molecule has 25 heavy (non-hydrogen) atoms. The first-order chi connectivity index (χ1) is 11.5. The maximum absolute atomic E-state index is 10.6. The van der Waals surface area contributed by atoms with E-state index in [2.05, 4.69) is 46.8 Å². The Kier molecular flexibility index (Phi) is 9.45. The molecule has 2 unspecified atom stereocenters. The van der Waals surface area contributed by atoms with E-state index in [0.717, 1.165) is 24.6 Å². The van der Waals surface area contributed by atoms with E-state index in [0.29, 0.717) is 12.5 Å². The molecule has 0 amide bonds. The Morgan fingerprint density at radius 2 is 1.96 bits per heavy atom. The fourth-order valence-corrected chi connectivity index (χ4v) is 3.17. The molecule has 4 nitrogen and oxygen atoms in total. The third-order valence-corrected chi connectivity index (χ3v) is 4.66. The minimum absolute atomic E-state index is 0. The van der Waals surface area contributed by atoms with E-state index in [4.69, 9.17) is 0 Å². The van der Waals surface area contributed by atoms with Crippen molar-refractivity contribution in [2.45, 2.75) is 32.3 Å². The zero-order valence-electron chi connectivity index (χ0n) is 15.0. The van der Waals surface area contributed by atoms with Gasteiger partial charge in [-0.15, -0.1) is 24.0 Å². The maximum atomic E-state index is 10.6. The van der Waals surface area contributed by atoms with Gasteiger partial charge in [0.05, 0.1) is 6.54 Å². The van der Waals surface area contributed by atoms with Crippen LogP contribution >= 0.6 is 35.3 Å². The molecule has 1 aromatic carbocycles. The van der Waals surface area contributed by atoms with Crippen LogP contribution in [0.25, 0.3) is 0 Å². The SMILES string of the molecule is CCNC(=NCC(C)(O)c1ccsc1)NCC(C)c1ccccc1.I. The first kappa shape index (κ1) is 21.9. The van der Waals surface area contributed by atoms with Crippen LogP contribution in [0.2, 0.25) is 0 Å². The van der Waals surface area contributed by atoms with Gasteiger partial charge in [0.15, 0.2) is 5.96 Å². The maximum Gasteiger partial charge on any atom is 0.191 e. The highest BCUT2D eigenvalue weighted by Crippen LogP contribution is 2.23. The molecule has 138 valence electrons. The topological polar surface area (TPSA) is 56.7 Å². The molecule has 0 saturated carbocycles. The number of aliphatic hydroxyl groups is 1. The summed E-state index contributed by atoms with van der Waals surface area (Å²) in [7, 11) is 0. The molecule has 0 aliphatic rings. The summed E-state index contributed by atoms with van der Waals surface area (Å²) < 4.78 is 0. The highest BCUT2D eigenvalue weighted by Gasteiger charge is 2.23. The number of nitrogens with one attached hydrogen (secondary N) is 2. The first-order valence-electron chi connectivity index (χ1n) is 8.35. The van der Waals surface area contributed by atoms with Crippen molar-refractivity contribution < 1.29 is 5.11 Å². The second kappa shape index (κ2) is 10.8. The largest absolute Gasteiger partial charge is 0.383 e. The fourth-order valence-electron chi connectivity index (χ4n) is 2.39. The number of aliphatic imine (C=N–C) groups is 1. The van der Waals surface area contributed by atoms with E-state index in [1.54, 1.807) is 18.3 Å². The summed E-state index contributed by atoms with van der Waals surface area (Å²) in [4.78, 5) is 4.56. The lowest BCUT2D eigenvalue weighted by atomic mass is 10.00. The molecular weight excluding hydrogens is 445 g/mol. The molecule has 0 bridgehead atoms. The summed E-state index contributed by atoms with van der Waals surface area (Å²) >= 11 is 1.58. The summed E-state index contributed by atoms with van der Waals surface area (Å²) in [5, 5.41) is 21.1. The normalized spacial score (nSPS) is 15.0. The van der Waals surface area contributed by atoms with Gasteiger partial charge in [-0.1, -0.05) is 37.3 Å². The predicted octanol–water partition coefficient (Wildman–Crippen LogP) is 3.93. The molecule has 2 aromatic rings. The lowest BCUT2D eigenvalue weighted by molar-refractivity contribution is 0.0677. The average Bonchev–Trinajstić information content (AvgIpc) is 3.13. The summed E-state index contributed by atoms with van der Waals surface area (Å²) in [6, 6.07) is 12.4. The molecular formula is C19H28IN3OS. The molecule has 2 atom stereocenters. The predicted molar refractivity (Wildman–Crippen MR) is 118 cm³/mol. The number of halogens is 1. The fraction of sp³-hybridized carbons (Fsp3) is 0.421. The van der Waals surface area contributed by atoms with Crippen molar-refractivity contribution in [3.8, 4) is 0 Å². The highest BCUT2D eigenvalue weighted by molar-refractivity contribution is 14.0. The number of guanidine groups is 1. The van der Waals surface area contributed by atoms with E-state index in [1.165, 1.54) is 5.56 Å². The lowest BCUT2D eigenvalue weighted by Gasteiger charge is -2.21. The Morgan fingerprint density at radius 3 is 2.56 bits per heavy atom.